The van der Waals surface area contributed by atoms with Crippen molar-refractivity contribution in [1.29, 1.82) is 0 Å². The second kappa shape index (κ2) is 9.18. The Kier molecular flexibility index (Phi) is 7.17. The number of aromatic nitrogens is 1. The van der Waals surface area contributed by atoms with E-state index in [2.05, 4.69) is 15.6 Å². The van der Waals surface area contributed by atoms with Crippen molar-refractivity contribution in [3.8, 4) is 0 Å². The number of carbonyl (C=O) groups is 2. The molecule has 9 heteroatoms. The Bertz CT molecular complexity index is 847. The molecule has 0 saturated carbocycles. The van der Waals surface area contributed by atoms with E-state index >= 15 is 0 Å². The minimum absolute atomic E-state index is 0.00702. The molecule has 0 fully saturated rings. The van der Waals surface area contributed by atoms with Crippen LogP contribution in [0.1, 0.15) is 45.3 Å². The third-order valence-electron chi connectivity index (χ3n) is 3.83. The number of halogens is 3. The van der Waals surface area contributed by atoms with E-state index in [-0.39, 0.29) is 24.4 Å². The average Bonchev–Trinajstić information content (AvgIpc) is 2.97. The maximum Gasteiger partial charge on any atom is 0.416 e. The number of thiazole rings is 1. The fourth-order valence-corrected chi connectivity index (χ4v) is 3.44. The van der Waals surface area contributed by atoms with Crippen LogP contribution in [0.3, 0.4) is 0 Å². The lowest BCUT2D eigenvalue weighted by molar-refractivity contribution is -0.138. The Balaban J connectivity index is 1.98. The Hall–Kier alpha value is -2.42. The van der Waals surface area contributed by atoms with Crippen LogP contribution in [0.4, 0.5) is 13.2 Å². The minimum atomic E-state index is -4.48. The van der Waals surface area contributed by atoms with Crippen LogP contribution in [0.15, 0.2) is 24.3 Å². The third kappa shape index (κ3) is 6.05. The Morgan fingerprint density at radius 2 is 1.86 bits per heavy atom. The average molecular weight is 413 g/mol. The number of benzene rings is 1. The summed E-state index contributed by atoms with van der Waals surface area (Å²) in [7, 11) is 0. The summed E-state index contributed by atoms with van der Waals surface area (Å²) in [5.74, 6) is -0.392. The van der Waals surface area contributed by atoms with Crippen molar-refractivity contribution >= 4 is 23.2 Å². The van der Waals surface area contributed by atoms with Crippen LogP contribution < -0.4 is 10.6 Å². The van der Waals surface area contributed by atoms with E-state index in [4.69, 9.17) is 0 Å². The highest BCUT2D eigenvalue weighted by molar-refractivity contribution is 7.13. The molecule has 2 N–H and O–H groups in total. The molecule has 0 bridgehead atoms. The topological polar surface area (TPSA) is 71.1 Å². The molecule has 0 spiro atoms. The fourth-order valence-electron chi connectivity index (χ4n) is 2.46. The van der Waals surface area contributed by atoms with Gasteiger partial charge in [0.15, 0.2) is 0 Å². The normalized spacial score (nSPS) is 11.5. The zero-order valence-electron chi connectivity index (χ0n) is 15.8. The summed E-state index contributed by atoms with van der Waals surface area (Å²) in [5.41, 5.74) is -0.256. The highest BCUT2D eigenvalue weighted by Gasteiger charge is 2.32. The number of aryl methyl sites for hydroxylation is 1. The van der Waals surface area contributed by atoms with E-state index in [9.17, 15) is 22.8 Å². The van der Waals surface area contributed by atoms with Gasteiger partial charge in [0.2, 0.25) is 5.91 Å². The van der Waals surface area contributed by atoms with Gasteiger partial charge in [0, 0.05) is 13.1 Å². The molecule has 0 aliphatic rings. The molecular weight excluding hydrogens is 391 g/mol. The maximum atomic E-state index is 13.0. The lowest BCUT2D eigenvalue weighted by Gasteiger charge is -2.13. The Labute approximate surface area is 165 Å². The summed E-state index contributed by atoms with van der Waals surface area (Å²) < 4.78 is 39.0. The van der Waals surface area contributed by atoms with Crippen LogP contribution in [0.5, 0.6) is 0 Å². The van der Waals surface area contributed by atoms with E-state index in [0.717, 1.165) is 17.4 Å². The molecule has 0 unspecified atom stereocenters. The molecule has 1 heterocycles. The van der Waals surface area contributed by atoms with Gasteiger partial charge in [-0.05, 0) is 24.5 Å². The van der Waals surface area contributed by atoms with Gasteiger partial charge in [0.05, 0.1) is 17.7 Å². The molecule has 152 valence electrons. The van der Waals surface area contributed by atoms with Crippen LogP contribution in [0.2, 0.25) is 0 Å². The zero-order chi connectivity index (χ0) is 20.9. The quantitative estimate of drug-likeness (QED) is 0.727. The summed E-state index contributed by atoms with van der Waals surface area (Å²) >= 11 is 1.11. The third-order valence-corrected chi connectivity index (χ3v) is 4.98. The number of nitrogens with zero attached hydrogens (tertiary/aromatic N) is 1. The SMILES string of the molecule is Cc1nc(CC(=O)NCc2ccccc2C(F)(F)F)sc1C(=O)NCC(C)C. The first-order valence-corrected chi connectivity index (χ1v) is 9.56. The zero-order valence-corrected chi connectivity index (χ0v) is 16.6. The van der Waals surface area contributed by atoms with Gasteiger partial charge < -0.3 is 10.6 Å². The molecular formula is C19H22F3N3O2S. The van der Waals surface area contributed by atoms with Gasteiger partial charge in [-0.2, -0.15) is 13.2 Å². The predicted molar refractivity (Wildman–Crippen MR) is 101 cm³/mol. The van der Waals surface area contributed by atoms with Crippen molar-refractivity contribution in [2.75, 3.05) is 6.54 Å². The van der Waals surface area contributed by atoms with Gasteiger partial charge in [-0.25, -0.2) is 4.98 Å². The number of hydrogen-bond acceptors (Lipinski definition) is 4. The predicted octanol–water partition coefficient (Wildman–Crippen LogP) is 3.72. The molecule has 0 aliphatic heterocycles. The molecule has 2 aromatic rings. The first-order chi connectivity index (χ1) is 13.1. The van der Waals surface area contributed by atoms with Crippen molar-refractivity contribution in [2.24, 2.45) is 5.92 Å². The summed E-state index contributed by atoms with van der Waals surface area (Å²) in [5, 5.41) is 5.72. The van der Waals surface area contributed by atoms with Crippen molar-refractivity contribution in [3.63, 3.8) is 0 Å². The molecule has 0 aliphatic carbocycles. The summed E-state index contributed by atoms with van der Waals surface area (Å²) in [6, 6.07) is 5.10. The summed E-state index contributed by atoms with van der Waals surface area (Å²) in [6.45, 7) is 5.94. The smallest absolute Gasteiger partial charge is 0.352 e. The molecule has 2 amide bonds. The van der Waals surface area contributed by atoms with Crippen molar-refractivity contribution in [1.82, 2.24) is 15.6 Å². The molecule has 2 rings (SSSR count). The number of rotatable bonds is 7. The standard InChI is InChI=1S/C19H22F3N3O2S/c1-11(2)9-24-18(27)17-12(3)25-16(28-17)8-15(26)23-10-13-6-4-5-7-14(13)19(20,21)22/h4-7,11H,8-10H2,1-3H3,(H,23,26)(H,24,27). The fraction of sp³-hybridized carbons (Fsp3) is 0.421. The van der Waals surface area contributed by atoms with Gasteiger partial charge >= 0.3 is 6.18 Å². The molecule has 1 aromatic heterocycles. The van der Waals surface area contributed by atoms with E-state index in [0.29, 0.717) is 28.0 Å². The van der Waals surface area contributed by atoms with Crippen molar-refractivity contribution < 1.29 is 22.8 Å². The van der Waals surface area contributed by atoms with Crippen molar-refractivity contribution in [3.05, 3.63) is 51.0 Å². The first-order valence-electron chi connectivity index (χ1n) is 8.74. The number of carbonyl (C=O) groups excluding carboxylic acids is 2. The van der Waals surface area contributed by atoms with E-state index in [1.807, 2.05) is 13.8 Å². The van der Waals surface area contributed by atoms with Crippen LogP contribution in [0, 0.1) is 12.8 Å². The largest absolute Gasteiger partial charge is 0.416 e. The second-order valence-corrected chi connectivity index (χ2v) is 7.82. The minimum Gasteiger partial charge on any atom is -0.352 e. The molecule has 5 nitrogen and oxygen atoms in total. The van der Waals surface area contributed by atoms with Crippen LogP contribution in [-0.4, -0.2) is 23.3 Å². The van der Waals surface area contributed by atoms with E-state index < -0.39 is 17.6 Å². The number of alkyl halides is 3. The number of nitrogens with one attached hydrogen (secondary N) is 2. The molecule has 0 atom stereocenters. The number of amides is 2. The lowest BCUT2D eigenvalue weighted by atomic mass is 10.1. The summed E-state index contributed by atoms with van der Waals surface area (Å²) in [4.78, 5) is 29.0. The summed E-state index contributed by atoms with van der Waals surface area (Å²) in [6.07, 6.45) is -4.58. The van der Waals surface area contributed by atoms with Gasteiger partial charge in [0.1, 0.15) is 9.88 Å². The van der Waals surface area contributed by atoms with Crippen molar-refractivity contribution in [2.45, 2.75) is 39.9 Å². The molecule has 0 saturated heterocycles. The maximum absolute atomic E-state index is 13.0. The number of hydrogen-bond donors (Lipinski definition) is 2. The highest BCUT2D eigenvalue weighted by Crippen LogP contribution is 2.31. The van der Waals surface area contributed by atoms with Crippen LogP contribution >= 0.6 is 11.3 Å². The van der Waals surface area contributed by atoms with Gasteiger partial charge in [-0.15, -0.1) is 11.3 Å². The molecule has 28 heavy (non-hydrogen) atoms. The second-order valence-electron chi connectivity index (χ2n) is 6.73. The molecule has 0 radical (unpaired) electrons. The molecule has 1 aromatic carbocycles. The Morgan fingerprint density at radius 3 is 2.50 bits per heavy atom. The van der Waals surface area contributed by atoms with Gasteiger partial charge in [-0.3, -0.25) is 9.59 Å². The Morgan fingerprint density at radius 1 is 1.18 bits per heavy atom. The van der Waals surface area contributed by atoms with Gasteiger partial charge in [0.25, 0.3) is 5.91 Å². The van der Waals surface area contributed by atoms with Crippen LogP contribution in [0.25, 0.3) is 0 Å². The van der Waals surface area contributed by atoms with Gasteiger partial charge in [-0.1, -0.05) is 32.0 Å². The van der Waals surface area contributed by atoms with E-state index in [1.54, 1.807) is 6.92 Å². The highest BCUT2D eigenvalue weighted by atomic mass is 32.1. The van der Waals surface area contributed by atoms with E-state index in [1.165, 1.54) is 18.2 Å². The lowest BCUT2D eigenvalue weighted by Crippen LogP contribution is -2.27. The monoisotopic (exact) mass is 413 g/mol. The van der Waals surface area contributed by atoms with Crippen LogP contribution in [-0.2, 0) is 23.9 Å². The first kappa shape index (κ1) is 21.9.